The first-order chi connectivity index (χ1) is 9.90. The quantitative estimate of drug-likeness (QED) is 0.684. The summed E-state index contributed by atoms with van der Waals surface area (Å²) in [5, 5.41) is 14.1. The number of aryl methyl sites for hydroxylation is 1. The molecule has 1 aromatic carbocycles. The van der Waals surface area contributed by atoms with Gasteiger partial charge in [-0.05, 0) is 32.0 Å². The topological polar surface area (TPSA) is 68.1 Å². The van der Waals surface area contributed by atoms with E-state index >= 15 is 0 Å². The number of nitrogens with zero attached hydrogens (tertiary/aromatic N) is 2. The summed E-state index contributed by atoms with van der Waals surface area (Å²) >= 11 is 5.69. The van der Waals surface area contributed by atoms with Gasteiger partial charge in [0.05, 0.1) is 27.7 Å². The molecule has 2 aromatic rings. The van der Waals surface area contributed by atoms with E-state index in [1.54, 1.807) is 19.9 Å². The largest absolute Gasteiger partial charge is 0.379 e. The van der Waals surface area contributed by atoms with Crippen LogP contribution >= 0.6 is 11.6 Å². The molecule has 0 radical (unpaired) electrons. The zero-order valence-corrected chi connectivity index (χ0v) is 12.2. The minimum absolute atomic E-state index is 0.0135. The maximum absolute atomic E-state index is 13.1. The van der Waals surface area contributed by atoms with Crippen molar-refractivity contribution in [1.82, 2.24) is 4.98 Å². The Bertz CT molecular complexity index is 707. The lowest BCUT2D eigenvalue weighted by atomic mass is 10.1. The summed E-state index contributed by atoms with van der Waals surface area (Å²) in [6.45, 7) is 3.59. The molecule has 1 N–H and O–H groups in total. The van der Waals surface area contributed by atoms with Crippen LogP contribution in [0.1, 0.15) is 16.8 Å². The van der Waals surface area contributed by atoms with Crippen molar-refractivity contribution in [1.29, 1.82) is 0 Å². The number of pyridine rings is 1. The zero-order chi connectivity index (χ0) is 15.6. The predicted molar refractivity (Wildman–Crippen MR) is 79.1 cm³/mol. The van der Waals surface area contributed by atoms with Crippen LogP contribution in [0.4, 0.5) is 15.8 Å². The van der Waals surface area contributed by atoms with Gasteiger partial charge in [0.1, 0.15) is 5.82 Å². The van der Waals surface area contributed by atoms with Crippen molar-refractivity contribution in [3.8, 4) is 0 Å². The van der Waals surface area contributed by atoms with Gasteiger partial charge in [0.25, 0.3) is 5.69 Å². The van der Waals surface area contributed by atoms with Crippen molar-refractivity contribution in [3.05, 3.63) is 62.2 Å². The molecule has 1 aromatic heterocycles. The normalized spacial score (nSPS) is 10.5. The summed E-state index contributed by atoms with van der Waals surface area (Å²) in [7, 11) is 0. The van der Waals surface area contributed by atoms with E-state index < -0.39 is 10.7 Å². The Labute approximate surface area is 125 Å². The van der Waals surface area contributed by atoms with Crippen LogP contribution in [-0.4, -0.2) is 9.91 Å². The van der Waals surface area contributed by atoms with Crippen molar-refractivity contribution in [2.24, 2.45) is 0 Å². The summed E-state index contributed by atoms with van der Waals surface area (Å²) in [6, 6.07) is 4.25. The van der Waals surface area contributed by atoms with Crippen molar-refractivity contribution in [2.75, 3.05) is 5.32 Å². The van der Waals surface area contributed by atoms with E-state index in [1.165, 1.54) is 18.3 Å². The van der Waals surface area contributed by atoms with E-state index in [0.717, 1.165) is 0 Å². The number of aromatic nitrogens is 1. The second-order valence-electron chi connectivity index (χ2n) is 4.60. The third kappa shape index (κ3) is 3.28. The van der Waals surface area contributed by atoms with Crippen molar-refractivity contribution < 1.29 is 9.31 Å². The number of hydrogen-bond donors (Lipinski definition) is 1. The molecule has 21 heavy (non-hydrogen) atoms. The molecule has 110 valence electrons. The highest BCUT2D eigenvalue weighted by atomic mass is 35.5. The minimum Gasteiger partial charge on any atom is -0.379 e. The molecule has 1 heterocycles. The first-order valence-corrected chi connectivity index (χ1v) is 6.56. The maximum Gasteiger partial charge on any atom is 0.278 e. The molecule has 0 spiro atoms. The molecule has 0 saturated heterocycles. The van der Waals surface area contributed by atoms with Crippen molar-refractivity contribution >= 4 is 23.0 Å². The fraction of sp³-hybridized carbons (Fsp3) is 0.214. The van der Waals surface area contributed by atoms with Gasteiger partial charge < -0.3 is 5.32 Å². The van der Waals surface area contributed by atoms with Gasteiger partial charge in [-0.25, -0.2) is 4.39 Å². The lowest BCUT2D eigenvalue weighted by Crippen LogP contribution is -2.07. The third-order valence-corrected chi connectivity index (χ3v) is 3.43. The highest BCUT2D eigenvalue weighted by Crippen LogP contribution is 2.25. The van der Waals surface area contributed by atoms with Gasteiger partial charge in [0, 0.05) is 17.4 Å². The van der Waals surface area contributed by atoms with E-state index in [1.807, 2.05) is 0 Å². The molecule has 0 bridgehead atoms. The molecule has 0 aliphatic carbocycles. The second-order valence-corrected chi connectivity index (χ2v) is 5.01. The number of nitrogens with one attached hydrogen (secondary N) is 1. The Balaban J connectivity index is 2.22. The number of halogens is 2. The molecule has 7 heteroatoms. The number of anilines is 1. The molecule has 0 aliphatic heterocycles. The van der Waals surface area contributed by atoms with Crippen molar-refractivity contribution in [2.45, 2.75) is 20.4 Å². The van der Waals surface area contributed by atoms with Crippen LogP contribution in [0.25, 0.3) is 0 Å². The van der Waals surface area contributed by atoms with Gasteiger partial charge in [-0.1, -0.05) is 11.6 Å². The van der Waals surface area contributed by atoms with Crippen molar-refractivity contribution in [3.63, 3.8) is 0 Å². The fourth-order valence-corrected chi connectivity index (χ4v) is 2.20. The van der Waals surface area contributed by atoms with Crippen LogP contribution in [0.3, 0.4) is 0 Å². The van der Waals surface area contributed by atoms with Crippen LogP contribution < -0.4 is 5.32 Å². The molecule has 0 amide bonds. The molecule has 2 rings (SSSR count). The van der Waals surface area contributed by atoms with E-state index in [2.05, 4.69) is 10.3 Å². The third-order valence-electron chi connectivity index (χ3n) is 3.14. The Morgan fingerprint density at radius 3 is 2.76 bits per heavy atom. The zero-order valence-electron chi connectivity index (χ0n) is 11.5. The lowest BCUT2D eigenvalue weighted by Gasteiger charge is -2.10. The molecule has 0 unspecified atom stereocenters. The van der Waals surface area contributed by atoms with Gasteiger partial charge >= 0.3 is 0 Å². The molecule has 0 atom stereocenters. The number of rotatable bonds is 4. The maximum atomic E-state index is 13.1. The minimum atomic E-state index is -0.498. The standard InChI is InChI=1S/C14H13ClFN3O2/c1-8-6-18-13(9(2)14(8)19(20)21)7-17-10-3-4-12(16)11(15)5-10/h3-6,17H,7H2,1-2H3. The summed E-state index contributed by atoms with van der Waals surface area (Å²) in [5.74, 6) is -0.498. The molecule has 5 nitrogen and oxygen atoms in total. The van der Waals surface area contributed by atoms with Crippen LogP contribution in [0, 0.1) is 29.8 Å². The summed E-state index contributed by atoms with van der Waals surface area (Å²) < 4.78 is 13.1. The monoisotopic (exact) mass is 309 g/mol. The second kappa shape index (κ2) is 6.05. The van der Waals surface area contributed by atoms with Crippen LogP contribution in [0.15, 0.2) is 24.4 Å². The smallest absolute Gasteiger partial charge is 0.278 e. The molecule has 0 aliphatic rings. The molecular formula is C14H13ClFN3O2. The van der Waals surface area contributed by atoms with Crippen LogP contribution in [0.5, 0.6) is 0 Å². The summed E-state index contributed by atoms with van der Waals surface area (Å²) in [4.78, 5) is 14.8. The van der Waals surface area contributed by atoms with Gasteiger partial charge in [-0.3, -0.25) is 15.1 Å². The van der Waals surface area contributed by atoms with Gasteiger partial charge in [0.15, 0.2) is 0 Å². The molecular weight excluding hydrogens is 297 g/mol. The number of nitro groups is 1. The first-order valence-electron chi connectivity index (χ1n) is 6.18. The Kier molecular flexibility index (Phi) is 4.37. The number of hydrogen-bond acceptors (Lipinski definition) is 4. The van der Waals surface area contributed by atoms with E-state index in [4.69, 9.17) is 11.6 Å². The Morgan fingerprint density at radius 2 is 2.14 bits per heavy atom. The van der Waals surface area contributed by atoms with E-state index in [0.29, 0.717) is 22.5 Å². The highest BCUT2D eigenvalue weighted by molar-refractivity contribution is 6.31. The molecule has 0 saturated carbocycles. The van der Waals surface area contributed by atoms with Gasteiger partial charge in [-0.2, -0.15) is 0 Å². The summed E-state index contributed by atoms with van der Waals surface area (Å²) in [5.41, 5.74) is 2.28. The Morgan fingerprint density at radius 1 is 1.43 bits per heavy atom. The highest BCUT2D eigenvalue weighted by Gasteiger charge is 2.18. The van der Waals surface area contributed by atoms with E-state index in [-0.39, 0.29) is 17.3 Å². The lowest BCUT2D eigenvalue weighted by molar-refractivity contribution is -0.386. The molecule has 0 fully saturated rings. The predicted octanol–water partition coefficient (Wildman–Crippen LogP) is 4.01. The Hall–Kier alpha value is -2.21. The average molecular weight is 310 g/mol. The SMILES string of the molecule is Cc1cnc(CNc2ccc(F)c(Cl)c2)c(C)c1[N+](=O)[O-]. The fourth-order valence-electron chi connectivity index (χ4n) is 2.02. The number of benzene rings is 1. The van der Waals surface area contributed by atoms with Gasteiger partial charge in [0.2, 0.25) is 0 Å². The van der Waals surface area contributed by atoms with Crippen LogP contribution in [0.2, 0.25) is 5.02 Å². The average Bonchev–Trinajstić information content (AvgIpc) is 2.41. The van der Waals surface area contributed by atoms with Crippen LogP contribution in [-0.2, 0) is 6.54 Å². The van der Waals surface area contributed by atoms with E-state index in [9.17, 15) is 14.5 Å². The van der Waals surface area contributed by atoms with Gasteiger partial charge in [-0.15, -0.1) is 0 Å². The summed E-state index contributed by atoms with van der Waals surface area (Å²) in [6.07, 6.45) is 1.47. The first kappa shape index (κ1) is 15.2.